The number of hydrogen-bond donors (Lipinski definition) is 1. The largest absolute Gasteiger partial charge is 0.331 e. The molecule has 0 aliphatic carbocycles. The lowest BCUT2D eigenvalue weighted by molar-refractivity contribution is 0.145. The van der Waals surface area contributed by atoms with E-state index in [1.165, 1.54) is 0 Å². The summed E-state index contributed by atoms with van der Waals surface area (Å²) >= 11 is 0. The lowest BCUT2D eigenvalue weighted by atomic mass is 9.96. The number of carbonyl (C=O) groups excluding carboxylic acids is 1. The van der Waals surface area contributed by atoms with Gasteiger partial charge in [-0.1, -0.05) is 36.4 Å². The summed E-state index contributed by atoms with van der Waals surface area (Å²) in [5.74, 6) is 0.351. The number of hydrogen-bond acceptors (Lipinski definition) is 3. The molecule has 1 aliphatic heterocycles. The van der Waals surface area contributed by atoms with Gasteiger partial charge >= 0.3 is 6.03 Å². The van der Waals surface area contributed by atoms with E-state index >= 15 is 0 Å². The van der Waals surface area contributed by atoms with Gasteiger partial charge in [0, 0.05) is 30.9 Å². The van der Waals surface area contributed by atoms with E-state index in [9.17, 15) is 4.79 Å². The number of benzene rings is 1. The molecule has 1 N–H and O–H groups in total. The molecule has 1 aromatic carbocycles. The molecule has 5 nitrogen and oxygen atoms in total. The van der Waals surface area contributed by atoms with Crippen molar-refractivity contribution in [3.05, 3.63) is 66.0 Å². The first-order chi connectivity index (χ1) is 12.1. The van der Waals surface area contributed by atoms with Crippen molar-refractivity contribution >= 4 is 6.03 Å². The van der Waals surface area contributed by atoms with E-state index in [0.717, 1.165) is 37.3 Å². The molecule has 0 unspecified atom stereocenters. The summed E-state index contributed by atoms with van der Waals surface area (Å²) in [6.07, 6.45) is 2.70. The van der Waals surface area contributed by atoms with Crippen molar-refractivity contribution in [2.45, 2.75) is 18.4 Å². The van der Waals surface area contributed by atoms with Crippen LogP contribution in [-0.2, 0) is 0 Å². The molecule has 1 fully saturated rings. The van der Waals surface area contributed by atoms with Crippen LogP contribution in [-0.4, -0.2) is 54.5 Å². The van der Waals surface area contributed by atoms with Crippen LogP contribution in [0.2, 0.25) is 0 Å². The fourth-order valence-electron chi connectivity index (χ4n) is 3.08. The van der Waals surface area contributed by atoms with Gasteiger partial charge in [-0.15, -0.1) is 0 Å². The van der Waals surface area contributed by atoms with Crippen LogP contribution in [0.1, 0.15) is 29.6 Å². The first kappa shape index (κ1) is 17.4. The smallest absolute Gasteiger partial charge is 0.317 e. The maximum atomic E-state index is 12.6. The van der Waals surface area contributed by atoms with Gasteiger partial charge in [-0.2, -0.15) is 0 Å². The average molecular weight is 338 g/mol. The normalized spacial score (nSPS) is 15.7. The Morgan fingerprint density at radius 3 is 2.56 bits per heavy atom. The molecule has 0 saturated carbocycles. The predicted octanol–water partition coefficient (Wildman–Crippen LogP) is 2.88. The van der Waals surface area contributed by atoms with Gasteiger partial charge in [0.25, 0.3) is 0 Å². The monoisotopic (exact) mass is 338 g/mol. The van der Waals surface area contributed by atoms with Crippen molar-refractivity contribution in [2.24, 2.45) is 0 Å². The Morgan fingerprint density at radius 1 is 1.20 bits per heavy atom. The Balaban J connectivity index is 1.57. The molecule has 25 heavy (non-hydrogen) atoms. The van der Waals surface area contributed by atoms with Crippen LogP contribution in [0.25, 0.3) is 0 Å². The zero-order valence-electron chi connectivity index (χ0n) is 14.9. The van der Waals surface area contributed by atoms with Crippen molar-refractivity contribution < 1.29 is 4.79 Å². The van der Waals surface area contributed by atoms with E-state index in [0.29, 0.717) is 5.92 Å². The Kier molecular flexibility index (Phi) is 5.66. The molecule has 1 atom stereocenters. The number of rotatable bonds is 6. The third-order valence-corrected chi connectivity index (χ3v) is 4.64. The number of carbonyl (C=O) groups is 1. The summed E-state index contributed by atoms with van der Waals surface area (Å²) in [7, 11) is 4.10. The molecule has 0 spiro atoms. The molecular weight excluding hydrogens is 312 g/mol. The average Bonchev–Trinajstić information content (AvgIpc) is 2.59. The molecule has 1 saturated heterocycles. The molecule has 2 aromatic rings. The van der Waals surface area contributed by atoms with Crippen LogP contribution in [0, 0.1) is 0 Å². The second-order valence-electron chi connectivity index (χ2n) is 6.86. The second kappa shape index (κ2) is 8.12. The maximum Gasteiger partial charge on any atom is 0.317 e. The Bertz CT molecular complexity index is 669. The fourth-order valence-corrected chi connectivity index (χ4v) is 3.08. The zero-order chi connectivity index (χ0) is 17.6. The highest BCUT2D eigenvalue weighted by atomic mass is 16.2. The van der Waals surface area contributed by atoms with Crippen LogP contribution in [0.5, 0.6) is 0 Å². The van der Waals surface area contributed by atoms with E-state index in [4.69, 9.17) is 0 Å². The van der Waals surface area contributed by atoms with E-state index in [-0.39, 0.29) is 12.1 Å². The van der Waals surface area contributed by atoms with E-state index in [2.05, 4.69) is 41.4 Å². The van der Waals surface area contributed by atoms with E-state index < -0.39 is 0 Å². The summed E-state index contributed by atoms with van der Waals surface area (Å²) < 4.78 is 0. The Morgan fingerprint density at radius 2 is 1.92 bits per heavy atom. The number of nitrogens with one attached hydrogen (secondary N) is 1. The second-order valence-corrected chi connectivity index (χ2v) is 6.86. The Labute approximate surface area is 149 Å². The van der Waals surface area contributed by atoms with Crippen molar-refractivity contribution in [1.29, 1.82) is 0 Å². The SMILES string of the molecule is CN(C)CC[C@H](NC(=O)N1CC(c2ccccn2)C1)c1ccccc1. The van der Waals surface area contributed by atoms with Crippen LogP contribution < -0.4 is 5.32 Å². The van der Waals surface area contributed by atoms with E-state index in [1.54, 1.807) is 0 Å². The summed E-state index contributed by atoms with van der Waals surface area (Å²) in [4.78, 5) is 21.0. The topological polar surface area (TPSA) is 48.5 Å². The molecule has 5 heteroatoms. The number of pyridine rings is 1. The van der Waals surface area contributed by atoms with Gasteiger partial charge in [0.15, 0.2) is 0 Å². The quantitative estimate of drug-likeness (QED) is 0.881. The zero-order valence-corrected chi connectivity index (χ0v) is 14.9. The molecule has 3 rings (SSSR count). The Hall–Kier alpha value is -2.40. The van der Waals surface area contributed by atoms with Gasteiger partial charge in [-0.3, -0.25) is 4.98 Å². The summed E-state index contributed by atoms with van der Waals surface area (Å²) in [6.45, 7) is 2.40. The molecule has 132 valence electrons. The molecule has 2 heterocycles. The van der Waals surface area contributed by atoms with Crippen molar-refractivity contribution in [1.82, 2.24) is 20.1 Å². The van der Waals surface area contributed by atoms with Gasteiger partial charge in [0.2, 0.25) is 0 Å². The minimum absolute atomic E-state index is 0.0137. The fraction of sp³-hybridized carbons (Fsp3) is 0.400. The molecule has 1 aliphatic rings. The maximum absolute atomic E-state index is 12.6. The molecule has 1 aromatic heterocycles. The number of aromatic nitrogens is 1. The number of urea groups is 1. The highest BCUT2D eigenvalue weighted by molar-refractivity contribution is 5.76. The highest BCUT2D eigenvalue weighted by Crippen LogP contribution is 2.26. The number of amides is 2. The first-order valence-electron chi connectivity index (χ1n) is 8.79. The predicted molar refractivity (Wildman–Crippen MR) is 99.4 cm³/mol. The summed E-state index contributed by atoms with van der Waals surface area (Å²) in [6, 6.07) is 16.2. The minimum Gasteiger partial charge on any atom is -0.331 e. The molecule has 0 bridgehead atoms. The van der Waals surface area contributed by atoms with Crippen LogP contribution >= 0.6 is 0 Å². The molecule has 2 amide bonds. The van der Waals surface area contributed by atoms with Crippen molar-refractivity contribution in [3.63, 3.8) is 0 Å². The summed E-state index contributed by atoms with van der Waals surface area (Å²) in [5, 5.41) is 3.20. The van der Waals surface area contributed by atoms with Gasteiger partial charge in [-0.05, 0) is 44.8 Å². The number of likely N-dealkylation sites (tertiary alicyclic amines) is 1. The van der Waals surface area contributed by atoms with Gasteiger partial charge in [-0.25, -0.2) is 4.79 Å². The molecular formula is C20H26N4O. The van der Waals surface area contributed by atoms with Gasteiger partial charge in [0.05, 0.1) is 6.04 Å². The highest BCUT2D eigenvalue weighted by Gasteiger charge is 2.33. The first-order valence-corrected chi connectivity index (χ1v) is 8.79. The van der Waals surface area contributed by atoms with Crippen LogP contribution in [0.3, 0.4) is 0 Å². The van der Waals surface area contributed by atoms with Crippen LogP contribution in [0.4, 0.5) is 4.79 Å². The minimum atomic E-state index is 0.0137. The summed E-state index contributed by atoms with van der Waals surface area (Å²) in [5.41, 5.74) is 2.22. The van der Waals surface area contributed by atoms with Gasteiger partial charge < -0.3 is 15.1 Å². The number of nitrogens with zero attached hydrogens (tertiary/aromatic N) is 3. The van der Waals surface area contributed by atoms with Gasteiger partial charge in [0.1, 0.15) is 0 Å². The lowest BCUT2D eigenvalue weighted by Crippen LogP contribution is -2.53. The van der Waals surface area contributed by atoms with Crippen molar-refractivity contribution in [2.75, 3.05) is 33.7 Å². The third kappa shape index (κ3) is 4.57. The molecule has 0 radical (unpaired) electrons. The van der Waals surface area contributed by atoms with Crippen LogP contribution in [0.15, 0.2) is 54.7 Å². The van der Waals surface area contributed by atoms with Crippen molar-refractivity contribution in [3.8, 4) is 0 Å². The lowest BCUT2D eigenvalue weighted by Gasteiger charge is -2.39. The standard InChI is InChI=1S/C20H26N4O/c1-23(2)13-11-19(16-8-4-3-5-9-16)22-20(25)24-14-17(15-24)18-10-6-7-12-21-18/h3-10,12,17,19H,11,13-15H2,1-2H3,(H,22,25)/t19-/m0/s1. The third-order valence-electron chi connectivity index (χ3n) is 4.64. The van der Waals surface area contributed by atoms with E-state index in [1.807, 2.05) is 47.5 Å².